The number of benzene rings is 1. The molecule has 98 valence electrons. The average Bonchev–Trinajstić information content (AvgIpc) is 2.31. The van der Waals surface area contributed by atoms with Crippen molar-refractivity contribution in [2.45, 2.75) is 31.7 Å². The molecule has 2 N–H and O–H groups in total. The summed E-state index contributed by atoms with van der Waals surface area (Å²) in [4.78, 5) is 0.979. The molecule has 0 aromatic heterocycles. The molecule has 1 atom stereocenters. The fraction of sp³-hybridized carbons (Fsp3) is 0.417. The highest BCUT2D eigenvalue weighted by Crippen LogP contribution is 2.37. The lowest BCUT2D eigenvalue weighted by Crippen LogP contribution is -2.40. The van der Waals surface area contributed by atoms with Gasteiger partial charge < -0.3 is 10.6 Å². The smallest absolute Gasteiger partial charge is 0.208 e. The first-order valence-electron chi connectivity index (χ1n) is 5.75. The number of nitrogens with zero attached hydrogens (tertiary/aromatic N) is 1. The Balaban J connectivity index is 2.13. The maximum Gasteiger partial charge on any atom is 0.208 e. The van der Waals surface area contributed by atoms with Crippen molar-refractivity contribution in [1.29, 1.82) is 0 Å². The minimum absolute atomic E-state index is 0.348. The largest absolute Gasteiger partial charge is 0.353 e. The molecular weight excluding hydrogens is 289 g/mol. The number of hydrogen-bond donors (Lipinski definition) is 2. The van der Waals surface area contributed by atoms with E-state index in [9.17, 15) is 0 Å². The van der Waals surface area contributed by atoms with Crippen molar-refractivity contribution in [1.82, 2.24) is 5.32 Å². The van der Waals surface area contributed by atoms with Crippen LogP contribution in [0.3, 0.4) is 0 Å². The van der Waals surface area contributed by atoms with Crippen molar-refractivity contribution in [2.24, 2.45) is 10.3 Å². The number of guanidine groups is 1. The predicted molar refractivity (Wildman–Crippen MR) is 80.8 cm³/mol. The van der Waals surface area contributed by atoms with E-state index in [1.54, 1.807) is 0 Å². The van der Waals surface area contributed by atoms with Gasteiger partial charge in [0.25, 0.3) is 0 Å². The highest BCUT2D eigenvalue weighted by molar-refractivity contribution is 7.98. The molecule has 0 aliphatic carbocycles. The van der Waals surface area contributed by atoms with Crippen LogP contribution in [0.2, 0.25) is 10.0 Å². The molecule has 1 aliphatic rings. The Morgan fingerprint density at radius 3 is 2.56 bits per heavy atom. The molecule has 3 nitrogen and oxygen atoms in total. The number of rotatable bonds is 2. The minimum Gasteiger partial charge on any atom is -0.353 e. The number of halogens is 2. The van der Waals surface area contributed by atoms with Gasteiger partial charge in [-0.25, -0.2) is 0 Å². The van der Waals surface area contributed by atoms with Gasteiger partial charge in [0.2, 0.25) is 5.96 Å². The number of anilines is 1. The first-order chi connectivity index (χ1) is 8.47. The molecule has 1 aromatic rings. The summed E-state index contributed by atoms with van der Waals surface area (Å²) >= 11 is 13.4. The monoisotopic (exact) mass is 303 g/mol. The third-order valence-electron chi connectivity index (χ3n) is 2.88. The van der Waals surface area contributed by atoms with Crippen molar-refractivity contribution in [3.8, 4) is 0 Å². The summed E-state index contributed by atoms with van der Waals surface area (Å²) in [5, 5.41) is 7.65. The molecule has 0 radical (unpaired) electrons. The number of hydrogen-bond acceptors (Lipinski definition) is 4. The van der Waals surface area contributed by atoms with Crippen molar-refractivity contribution in [3.05, 3.63) is 22.2 Å². The zero-order valence-electron chi connectivity index (χ0n) is 10.4. The lowest BCUT2D eigenvalue weighted by molar-refractivity contribution is 0.487. The molecule has 0 spiro atoms. The molecule has 1 heterocycles. The summed E-state index contributed by atoms with van der Waals surface area (Å²) < 4.78 is 4.37. The highest BCUT2D eigenvalue weighted by atomic mass is 35.5. The fourth-order valence-corrected chi connectivity index (χ4v) is 2.45. The summed E-state index contributed by atoms with van der Waals surface area (Å²) in [5.74, 6) is 1.29. The second-order valence-corrected chi connectivity index (χ2v) is 6.22. The van der Waals surface area contributed by atoms with Crippen LogP contribution >= 0.6 is 35.1 Å². The van der Waals surface area contributed by atoms with Crippen LogP contribution in [0.15, 0.2) is 21.4 Å². The van der Waals surface area contributed by atoms with Gasteiger partial charge in [-0.3, -0.25) is 0 Å². The van der Waals surface area contributed by atoms with E-state index in [4.69, 9.17) is 23.2 Å². The summed E-state index contributed by atoms with van der Waals surface area (Å²) in [6.07, 6.45) is 0. The van der Waals surface area contributed by atoms with E-state index in [1.165, 1.54) is 11.9 Å². The molecular formula is C12H15Cl2N3S. The molecule has 6 heteroatoms. The van der Waals surface area contributed by atoms with Crippen LogP contribution in [0.5, 0.6) is 0 Å². The summed E-state index contributed by atoms with van der Waals surface area (Å²) in [7, 11) is 0. The average molecular weight is 304 g/mol. The topological polar surface area (TPSA) is 36.4 Å². The van der Waals surface area contributed by atoms with Crippen LogP contribution in [0.1, 0.15) is 20.8 Å². The maximum absolute atomic E-state index is 6.01. The zero-order valence-corrected chi connectivity index (χ0v) is 12.7. The van der Waals surface area contributed by atoms with E-state index < -0.39 is 0 Å². The van der Waals surface area contributed by atoms with E-state index in [1.807, 2.05) is 12.1 Å². The Morgan fingerprint density at radius 1 is 1.22 bits per heavy atom. The van der Waals surface area contributed by atoms with Crippen LogP contribution in [0.4, 0.5) is 5.69 Å². The Labute approximate surface area is 121 Å². The van der Waals surface area contributed by atoms with Gasteiger partial charge in [0.15, 0.2) is 0 Å². The Hall–Kier alpha value is -0.580. The van der Waals surface area contributed by atoms with Crippen molar-refractivity contribution in [3.63, 3.8) is 0 Å². The van der Waals surface area contributed by atoms with Gasteiger partial charge in [-0.1, -0.05) is 37.0 Å². The van der Waals surface area contributed by atoms with Gasteiger partial charge in [0.1, 0.15) is 0 Å². The Kier molecular flexibility index (Phi) is 4.30. The third-order valence-corrected chi connectivity index (χ3v) is 4.41. The number of nitrogens with one attached hydrogen (secondary N) is 2. The minimum atomic E-state index is 0.348. The molecule has 18 heavy (non-hydrogen) atoms. The van der Waals surface area contributed by atoms with Gasteiger partial charge in [0, 0.05) is 18.0 Å². The SMILES string of the molecule is CC(C)C(C)NC1=NSc2cc(Cl)c(Cl)cc2N1. The summed E-state index contributed by atoms with van der Waals surface area (Å²) in [6.45, 7) is 6.46. The fourth-order valence-electron chi connectivity index (χ4n) is 1.39. The van der Waals surface area contributed by atoms with Gasteiger partial charge in [-0.05, 0) is 25.0 Å². The van der Waals surface area contributed by atoms with Crippen LogP contribution < -0.4 is 10.6 Å². The number of fused-ring (bicyclic) bond motifs is 1. The lowest BCUT2D eigenvalue weighted by atomic mass is 10.1. The molecule has 0 amide bonds. The normalized spacial score (nSPS) is 15.8. The molecule has 0 saturated heterocycles. The molecule has 0 bridgehead atoms. The molecule has 1 unspecified atom stereocenters. The molecule has 0 fully saturated rings. The summed E-state index contributed by atoms with van der Waals surface area (Å²) in [6, 6.07) is 3.99. The van der Waals surface area contributed by atoms with Gasteiger partial charge in [0.05, 0.1) is 20.6 Å². The second-order valence-electron chi connectivity index (χ2n) is 4.60. The first kappa shape index (κ1) is 13.8. The summed E-state index contributed by atoms with van der Waals surface area (Å²) in [5.41, 5.74) is 0.933. The third kappa shape index (κ3) is 3.05. The molecule has 0 saturated carbocycles. The maximum atomic E-state index is 6.01. The van der Waals surface area contributed by atoms with Crippen molar-refractivity contribution >= 4 is 46.8 Å². The predicted octanol–water partition coefficient (Wildman–Crippen LogP) is 4.42. The van der Waals surface area contributed by atoms with E-state index in [2.05, 4.69) is 35.8 Å². The Bertz CT molecular complexity index is 488. The molecule has 1 aliphatic heterocycles. The van der Waals surface area contributed by atoms with Gasteiger partial charge >= 0.3 is 0 Å². The van der Waals surface area contributed by atoms with E-state index >= 15 is 0 Å². The van der Waals surface area contributed by atoms with Crippen molar-refractivity contribution in [2.75, 3.05) is 5.32 Å². The second kappa shape index (κ2) is 5.59. The van der Waals surface area contributed by atoms with Gasteiger partial charge in [-0.2, -0.15) is 4.40 Å². The van der Waals surface area contributed by atoms with E-state index in [0.29, 0.717) is 22.0 Å². The molecule has 1 aromatic carbocycles. The van der Waals surface area contributed by atoms with Gasteiger partial charge in [-0.15, -0.1) is 0 Å². The van der Waals surface area contributed by atoms with E-state index in [-0.39, 0.29) is 0 Å². The highest BCUT2D eigenvalue weighted by Gasteiger charge is 2.17. The van der Waals surface area contributed by atoms with Crippen LogP contribution in [0, 0.1) is 5.92 Å². The molecule has 2 rings (SSSR count). The zero-order chi connectivity index (χ0) is 13.3. The first-order valence-corrected chi connectivity index (χ1v) is 7.28. The van der Waals surface area contributed by atoms with Crippen LogP contribution in [-0.4, -0.2) is 12.0 Å². The van der Waals surface area contributed by atoms with E-state index in [0.717, 1.165) is 16.5 Å². The van der Waals surface area contributed by atoms with Crippen molar-refractivity contribution < 1.29 is 0 Å². The van der Waals surface area contributed by atoms with Crippen LogP contribution in [0.25, 0.3) is 0 Å². The quantitative estimate of drug-likeness (QED) is 0.794. The Morgan fingerprint density at radius 2 is 1.89 bits per heavy atom. The standard InChI is InChI=1S/C12H15Cl2N3S/c1-6(2)7(3)15-12-16-10-4-8(13)9(14)5-11(10)18-17-12/h4-7H,1-3H3,(H2,15,16,17). The lowest BCUT2D eigenvalue weighted by Gasteiger charge is -2.24. The van der Waals surface area contributed by atoms with Crippen LogP contribution in [-0.2, 0) is 0 Å².